The fraction of sp³-hybridized carbons (Fsp3) is 0.533. The molecule has 5 nitrogen and oxygen atoms in total. The van der Waals surface area contributed by atoms with Crippen LogP contribution in [0, 0.1) is 0 Å². The first-order chi connectivity index (χ1) is 9.78. The number of hydrogen-bond donors (Lipinski definition) is 3. The van der Waals surface area contributed by atoms with Crippen LogP contribution in [0.15, 0.2) is 18.2 Å². The van der Waals surface area contributed by atoms with Crippen LogP contribution in [0.3, 0.4) is 0 Å². The van der Waals surface area contributed by atoms with Crippen molar-refractivity contribution >= 4 is 28.9 Å². The van der Waals surface area contributed by atoms with Gasteiger partial charge in [-0.15, -0.1) is 0 Å². The number of halogens is 1. The maximum Gasteiger partial charge on any atom is 0.241 e. The van der Waals surface area contributed by atoms with Crippen molar-refractivity contribution in [1.82, 2.24) is 4.90 Å². The fourth-order valence-corrected chi connectivity index (χ4v) is 2.82. The van der Waals surface area contributed by atoms with E-state index >= 15 is 0 Å². The zero-order valence-electron chi connectivity index (χ0n) is 12.4. The van der Waals surface area contributed by atoms with Gasteiger partial charge in [-0.3, -0.25) is 9.69 Å². The Kier molecular flexibility index (Phi) is 4.76. The number of nitrogen functional groups attached to an aromatic ring is 1. The molecule has 2 unspecified atom stereocenters. The Morgan fingerprint density at radius 3 is 2.90 bits per heavy atom. The molecule has 1 aliphatic heterocycles. The number of rotatable bonds is 3. The van der Waals surface area contributed by atoms with E-state index in [0.717, 1.165) is 19.4 Å². The third kappa shape index (κ3) is 4.09. The van der Waals surface area contributed by atoms with Crippen LogP contribution in [0.1, 0.15) is 26.7 Å². The number of piperidine rings is 1. The zero-order valence-corrected chi connectivity index (χ0v) is 13.2. The first-order valence-corrected chi connectivity index (χ1v) is 7.49. The molecule has 0 radical (unpaired) electrons. The number of aliphatic hydroxyl groups is 1. The lowest BCUT2D eigenvalue weighted by atomic mass is 9.94. The normalized spacial score (nSPS) is 24.6. The number of carbonyl (C=O) groups excluding carboxylic acids is 1. The highest BCUT2D eigenvalue weighted by molar-refractivity contribution is 6.31. The quantitative estimate of drug-likeness (QED) is 0.747. The van der Waals surface area contributed by atoms with Crippen LogP contribution in [0.5, 0.6) is 0 Å². The third-order valence-electron chi connectivity index (χ3n) is 3.90. The number of amides is 1. The molecule has 1 fully saturated rings. The Bertz CT molecular complexity index is 534. The highest BCUT2D eigenvalue weighted by Gasteiger charge is 2.33. The average molecular weight is 312 g/mol. The number of nitrogens with one attached hydrogen (secondary N) is 1. The minimum Gasteiger partial charge on any atom is -0.397 e. The Morgan fingerprint density at radius 2 is 2.29 bits per heavy atom. The van der Waals surface area contributed by atoms with E-state index in [2.05, 4.69) is 5.32 Å². The van der Waals surface area contributed by atoms with Crippen LogP contribution in [-0.2, 0) is 4.79 Å². The Morgan fingerprint density at radius 1 is 1.57 bits per heavy atom. The van der Waals surface area contributed by atoms with Crippen LogP contribution in [0.4, 0.5) is 11.4 Å². The number of β-amino-alcohol motifs (C(OH)–C–C–N with tert-alkyl or cyclic N) is 1. The molecule has 1 amide bonds. The predicted molar refractivity (Wildman–Crippen MR) is 85.4 cm³/mol. The Labute approximate surface area is 130 Å². The van der Waals surface area contributed by atoms with E-state index in [4.69, 9.17) is 17.3 Å². The van der Waals surface area contributed by atoms with E-state index in [9.17, 15) is 9.90 Å². The first-order valence-electron chi connectivity index (χ1n) is 7.11. The minimum atomic E-state index is -0.730. The largest absolute Gasteiger partial charge is 0.397 e. The number of benzene rings is 1. The van der Waals surface area contributed by atoms with Crippen molar-refractivity contribution in [3.05, 3.63) is 23.2 Å². The van der Waals surface area contributed by atoms with Gasteiger partial charge in [0.1, 0.15) is 0 Å². The van der Waals surface area contributed by atoms with Gasteiger partial charge in [0.05, 0.1) is 23.0 Å². The zero-order chi connectivity index (χ0) is 15.6. The predicted octanol–water partition coefficient (Wildman–Crippen LogP) is 2.10. The Balaban J connectivity index is 2.02. The number of nitrogens with two attached hydrogens (primary N) is 1. The van der Waals surface area contributed by atoms with Gasteiger partial charge >= 0.3 is 0 Å². The van der Waals surface area contributed by atoms with Gasteiger partial charge in [-0.25, -0.2) is 0 Å². The second kappa shape index (κ2) is 6.22. The van der Waals surface area contributed by atoms with Crippen molar-refractivity contribution in [3.63, 3.8) is 0 Å². The van der Waals surface area contributed by atoms with Gasteiger partial charge in [0.15, 0.2) is 0 Å². The molecule has 0 bridgehead atoms. The van der Waals surface area contributed by atoms with E-state index in [1.54, 1.807) is 25.1 Å². The van der Waals surface area contributed by atoms with Crippen LogP contribution >= 0.6 is 11.6 Å². The molecule has 2 atom stereocenters. The molecule has 1 saturated heterocycles. The summed E-state index contributed by atoms with van der Waals surface area (Å²) in [4.78, 5) is 14.3. The third-order valence-corrected chi connectivity index (χ3v) is 4.14. The maximum absolute atomic E-state index is 12.3. The van der Waals surface area contributed by atoms with Gasteiger partial charge in [-0.05, 0) is 51.4 Å². The van der Waals surface area contributed by atoms with Crippen molar-refractivity contribution in [1.29, 1.82) is 0 Å². The molecule has 1 aromatic carbocycles. The first kappa shape index (κ1) is 16.1. The van der Waals surface area contributed by atoms with Crippen LogP contribution < -0.4 is 11.1 Å². The molecule has 0 aromatic heterocycles. The number of nitrogens with zero attached hydrogens (tertiary/aromatic N) is 1. The molecule has 21 heavy (non-hydrogen) atoms. The number of carbonyl (C=O) groups is 1. The summed E-state index contributed by atoms with van der Waals surface area (Å²) in [5.74, 6) is -0.137. The molecule has 1 aromatic rings. The van der Waals surface area contributed by atoms with E-state index in [0.29, 0.717) is 22.9 Å². The molecule has 6 heteroatoms. The molecule has 0 saturated carbocycles. The van der Waals surface area contributed by atoms with Crippen molar-refractivity contribution in [2.24, 2.45) is 0 Å². The summed E-state index contributed by atoms with van der Waals surface area (Å²) in [6, 6.07) is 4.65. The number of anilines is 2. The minimum absolute atomic E-state index is 0.137. The molecule has 1 heterocycles. The highest BCUT2D eigenvalue weighted by atomic mass is 35.5. The van der Waals surface area contributed by atoms with Crippen molar-refractivity contribution < 1.29 is 9.90 Å². The molecular weight excluding hydrogens is 290 g/mol. The second-order valence-electron chi connectivity index (χ2n) is 5.97. The van der Waals surface area contributed by atoms with E-state index in [1.165, 1.54) is 0 Å². The summed E-state index contributed by atoms with van der Waals surface area (Å²) in [5, 5.41) is 13.5. The lowest BCUT2D eigenvalue weighted by Gasteiger charge is -2.39. The molecule has 116 valence electrons. The lowest BCUT2D eigenvalue weighted by molar-refractivity contribution is -0.123. The summed E-state index contributed by atoms with van der Waals surface area (Å²) in [6.07, 6.45) is 1.65. The van der Waals surface area contributed by atoms with Gasteiger partial charge in [0.2, 0.25) is 5.91 Å². The van der Waals surface area contributed by atoms with E-state index in [1.807, 2.05) is 11.8 Å². The summed E-state index contributed by atoms with van der Waals surface area (Å²) < 4.78 is 0. The van der Waals surface area contributed by atoms with Gasteiger partial charge < -0.3 is 16.2 Å². The maximum atomic E-state index is 12.3. The van der Waals surface area contributed by atoms with Gasteiger partial charge in [0.25, 0.3) is 0 Å². The van der Waals surface area contributed by atoms with E-state index in [-0.39, 0.29) is 11.9 Å². The summed E-state index contributed by atoms with van der Waals surface area (Å²) >= 11 is 5.84. The van der Waals surface area contributed by atoms with Crippen LogP contribution in [-0.4, -0.2) is 40.6 Å². The Hall–Kier alpha value is -1.30. The van der Waals surface area contributed by atoms with Gasteiger partial charge in [-0.2, -0.15) is 0 Å². The molecule has 4 N–H and O–H groups in total. The smallest absolute Gasteiger partial charge is 0.241 e. The number of likely N-dealkylation sites (tertiary alicyclic amines) is 1. The van der Waals surface area contributed by atoms with Crippen LogP contribution in [0.25, 0.3) is 0 Å². The monoisotopic (exact) mass is 311 g/mol. The molecule has 2 rings (SSSR count). The summed E-state index contributed by atoms with van der Waals surface area (Å²) in [7, 11) is 0. The van der Waals surface area contributed by atoms with E-state index < -0.39 is 5.60 Å². The standard InChI is InChI=1S/C15H22ClN3O2/c1-10(19-7-3-6-15(2,21)9-19)14(20)18-13-5-4-11(16)8-12(13)17/h4-5,8,10,21H,3,6-7,9,17H2,1-2H3,(H,18,20). The highest BCUT2D eigenvalue weighted by Crippen LogP contribution is 2.25. The second-order valence-corrected chi connectivity index (χ2v) is 6.40. The SMILES string of the molecule is CC(C(=O)Nc1ccc(Cl)cc1N)N1CCCC(C)(O)C1. The van der Waals surface area contributed by atoms with Crippen molar-refractivity contribution in [3.8, 4) is 0 Å². The molecular formula is C15H22ClN3O2. The molecule has 1 aliphatic rings. The number of hydrogen-bond acceptors (Lipinski definition) is 4. The lowest BCUT2D eigenvalue weighted by Crippen LogP contribution is -2.52. The topological polar surface area (TPSA) is 78.6 Å². The van der Waals surface area contributed by atoms with Crippen molar-refractivity contribution in [2.45, 2.75) is 38.3 Å². The van der Waals surface area contributed by atoms with Crippen molar-refractivity contribution in [2.75, 3.05) is 24.1 Å². The molecule has 0 spiro atoms. The fourth-order valence-electron chi connectivity index (χ4n) is 2.64. The van der Waals surface area contributed by atoms with Gasteiger partial charge in [-0.1, -0.05) is 11.6 Å². The molecule has 0 aliphatic carbocycles. The van der Waals surface area contributed by atoms with Gasteiger partial charge in [0, 0.05) is 11.6 Å². The average Bonchev–Trinajstić information content (AvgIpc) is 2.40. The van der Waals surface area contributed by atoms with Crippen LogP contribution in [0.2, 0.25) is 5.02 Å². The summed E-state index contributed by atoms with van der Waals surface area (Å²) in [5.41, 5.74) is 6.10. The summed E-state index contributed by atoms with van der Waals surface area (Å²) in [6.45, 7) is 4.95.